The molecule has 1 aliphatic rings. The Morgan fingerprint density at radius 1 is 1.09 bits per heavy atom. The van der Waals surface area contributed by atoms with E-state index < -0.39 is 0 Å². The van der Waals surface area contributed by atoms with Crippen molar-refractivity contribution in [2.75, 3.05) is 18.9 Å². The molecular weight excluding hydrogens is 294 g/mol. The quantitative estimate of drug-likeness (QED) is 0.846. The van der Waals surface area contributed by atoms with E-state index in [1.165, 1.54) is 5.56 Å². The molecule has 0 radical (unpaired) electrons. The number of rotatable bonds is 5. The third kappa shape index (κ3) is 3.70. The van der Waals surface area contributed by atoms with E-state index in [2.05, 4.69) is 12.1 Å². The maximum atomic E-state index is 12.4. The predicted molar refractivity (Wildman–Crippen MR) is 89.5 cm³/mol. The van der Waals surface area contributed by atoms with Crippen LogP contribution in [0.15, 0.2) is 60.7 Å². The highest BCUT2D eigenvalue weighted by atomic mass is 32.2. The fourth-order valence-corrected chi connectivity index (χ4v) is 3.81. The van der Waals surface area contributed by atoms with E-state index in [0.717, 1.165) is 17.9 Å². The number of nitrogens with zero attached hydrogens (tertiary/aromatic N) is 1. The summed E-state index contributed by atoms with van der Waals surface area (Å²) < 4.78 is 5.58. The van der Waals surface area contributed by atoms with Gasteiger partial charge in [-0.15, -0.1) is 11.8 Å². The molecule has 1 heterocycles. The highest BCUT2D eigenvalue weighted by molar-refractivity contribution is 7.99. The maximum absolute atomic E-state index is 12.4. The van der Waals surface area contributed by atoms with Crippen molar-refractivity contribution in [3.8, 4) is 0 Å². The molecule has 114 valence electrons. The first kappa shape index (κ1) is 15.1. The predicted octanol–water partition coefficient (Wildman–Crippen LogP) is 3.48. The second-order valence-corrected chi connectivity index (χ2v) is 6.39. The number of carbonyl (C=O) groups excluding carboxylic acids is 1. The summed E-state index contributed by atoms with van der Waals surface area (Å²) in [5, 5.41) is 0.119. The summed E-state index contributed by atoms with van der Waals surface area (Å²) in [6.45, 7) is 1.40. The van der Waals surface area contributed by atoms with Gasteiger partial charge >= 0.3 is 0 Å². The van der Waals surface area contributed by atoms with E-state index in [1.807, 2.05) is 65.2 Å². The molecule has 0 aliphatic carbocycles. The van der Waals surface area contributed by atoms with E-state index in [4.69, 9.17) is 4.74 Å². The fraction of sp³-hybridized carbons (Fsp3) is 0.278. The molecule has 1 atom stereocenters. The van der Waals surface area contributed by atoms with Crippen LogP contribution in [0, 0.1) is 0 Å². The average Bonchev–Trinajstić information content (AvgIpc) is 3.06. The van der Waals surface area contributed by atoms with Gasteiger partial charge in [-0.25, -0.2) is 0 Å². The van der Waals surface area contributed by atoms with Crippen LogP contribution >= 0.6 is 11.8 Å². The van der Waals surface area contributed by atoms with Gasteiger partial charge in [0.15, 0.2) is 0 Å². The maximum Gasteiger partial charge on any atom is 0.249 e. The molecule has 1 unspecified atom stereocenters. The molecule has 4 heteroatoms. The van der Waals surface area contributed by atoms with Crippen molar-refractivity contribution in [1.82, 2.24) is 4.90 Å². The second-order valence-electron chi connectivity index (χ2n) is 5.20. The van der Waals surface area contributed by atoms with Gasteiger partial charge in [0.05, 0.1) is 6.61 Å². The molecule has 0 N–H and O–H groups in total. The van der Waals surface area contributed by atoms with Gasteiger partial charge in [-0.3, -0.25) is 4.79 Å². The van der Waals surface area contributed by atoms with Crippen molar-refractivity contribution < 1.29 is 9.53 Å². The van der Waals surface area contributed by atoms with Crippen LogP contribution in [0.25, 0.3) is 0 Å². The van der Waals surface area contributed by atoms with Crippen molar-refractivity contribution in [2.24, 2.45) is 0 Å². The van der Waals surface area contributed by atoms with Crippen LogP contribution in [0.4, 0.5) is 0 Å². The smallest absolute Gasteiger partial charge is 0.249 e. The van der Waals surface area contributed by atoms with Crippen LogP contribution in [0.3, 0.4) is 0 Å². The Morgan fingerprint density at radius 3 is 2.50 bits per heavy atom. The summed E-state index contributed by atoms with van der Waals surface area (Å²) in [6, 6.07) is 20.1. The molecular formula is C18H19NO2S. The lowest BCUT2D eigenvalue weighted by molar-refractivity contribution is -0.136. The summed E-state index contributed by atoms with van der Waals surface area (Å²) in [4.78, 5) is 14.3. The van der Waals surface area contributed by atoms with Crippen molar-refractivity contribution in [3.05, 3.63) is 71.8 Å². The van der Waals surface area contributed by atoms with E-state index in [0.29, 0.717) is 6.61 Å². The Kier molecular flexibility index (Phi) is 5.14. The van der Waals surface area contributed by atoms with Crippen LogP contribution in [-0.4, -0.2) is 29.7 Å². The van der Waals surface area contributed by atoms with Gasteiger partial charge in [0.2, 0.25) is 5.91 Å². The summed E-state index contributed by atoms with van der Waals surface area (Å²) in [6.07, 6.45) is 0. The fourth-order valence-electron chi connectivity index (χ4n) is 2.53. The molecule has 2 aromatic carbocycles. The normalized spacial score (nSPS) is 17.6. The van der Waals surface area contributed by atoms with Crippen LogP contribution in [0.5, 0.6) is 0 Å². The number of hydrogen-bond acceptors (Lipinski definition) is 3. The van der Waals surface area contributed by atoms with Gasteiger partial charge in [0, 0.05) is 12.3 Å². The molecule has 0 saturated carbocycles. The molecule has 22 heavy (non-hydrogen) atoms. The minimum absolute atomic E-state index is 0.0646. The monoisotopic (exact) mass is 313 g/mol. The highest BCUT2D eigenvalue weighted by Gasteiger charge is 2.30. The average molecular weight is 313 g/mol. The van der Waals surface area contributed by atoms with Crippen molar-refractivity contribution in [3.63, 3.8) is 0 Å². The topological polar surface area (TPSA) is 29.5 Å². The Morgan fingerprint density at radius 2 is 1.77 bits per heavy atom. The molecule has 1 aliphatic heterocycles. The summed E-state index contributed by atoms with van der Waals surface area (Å²) in [5.41, 5.74) is 2.27. The first-order chi connectivity index (χ1) is 10.8. The Hall–Kier alpha value is -1.78. The zero-order valence-electron chi connectivity index (χ0n) is 12.4. The third-order valence-electron chi connectivity index (χ3n) is 3.63. The second kappa shape index (κ2) is 7.47. The number of carbonyl (C=O) groups is 1. The van der Waals surface area contributed by atoms with Gasteiger partial charge in [0.25, 0.3) is 0 Å². The van der Waals surface area contributed by atoms with Gasteiger partial charge in [-0.2, -0.15) is 0 Å². The molecule has 0 spiro atoms. The van der Waals surface area contributed by atoms with Crippen LogP contribution in [0.2, 0.25) is 0 Å². The molecule has 1 amide bonds. The van der Waals surface area contributed by atoms with E-state index in [9.17, 15) is 4.79 Å². The van der Waals surface area contributed by atoms with Crippen LogP contribution in [-0.2, 0) is 16.1 Å². The van der Waals surface area contributed by atoms with E-state index >= 15 is 0 Å². The van der Waals surface area contributed by atoms with Crippen molar-refractivity contribution in [1.29, 1.82) is 0 Å². The summed E-state index contributed by atoms with van der Waals surface area (Å²) >= 11 is 1.81. The number of thioether (sulfide) groups is 1. The lowest BCUT2D eigenvalue weighted by Crippen LogP contribution is -2.33. The highest BCUT2D eigenvalue weighted by Crippen LogP contribution is 2.37. The minimum Gasteiger partial charge on any atom is -0.367 e. The standard InChI is InChI=1S/C18H19NO2S/c20-17(14-21-13-15-7-3-1-4-8-15)19-11-12-22-18(19)16-9-5-2-6-10-16/h1-10,18H,11-14H2. The third-order valence-corrected chi connectivity index (χ3v) is 4.89. The van der Waals surface area contributed by atoms with Crippen molar-refractivity contribution >= 4 is 17.7 Å². The zero-order valence-corrected chi connectivity index (χ0v) is 13.2. The van der Waals surface area contributed by atoms with Crippen LogP contribution < -0.4 is 0 Å². The largest absolute Gasteiger partial charge is 0.367 e. The molecule has 3 rings (SSSR count). The minimum atomic E-state index is 0.0646. The zero-order chi connectivity index (χ0) is 15.2. The molecule has 0 aromatic heterocycles. The summed E-state index contributed by atoms with van der Waals surface area (Å²) in [7, 11) is 0. The number of amides is 1. The number of hydrogen-bond donors (Lipinski definition) is 0. The lowest BCUT2D eigenvalue weighted by atomic mass is 10.2. The first-order valence-corrected chi connectivity index (χ1v) is 8.47. The van der Waals surface area contributed by atoms with Gasteiger partial charge < -0.3 is 9.64 Å². The Balaban J connectivity index is 1.55. The molecule has 3 nitrogen and oxygen atoms in total. The van der Waals surface area contributed by atoms with E-state index in [-0.39, 0.29) is 17.9 Å². The van der Waals surface area contributed by atoms with E-state index in [1.54, 1.807) is 0 Å². The van der Waals surface area contributed by atoms with Gasteiger partial charge in [0.1, 0.15) is 12.0 Å². The Labute approximate surface area is 135 Å². The summed E-state index contributed by atoms with van der Waals surface area (Å²) in [5.74, 6) is 1.04. The SMILES string of the molecule is O=C(COCc1ccccc1)N1CCSC1c1ccccc1. The number of ether oxygens (including phenoxy) is 1. The van der Waals surface area contributed by atoms with Gasteiger partial charge in [-0.05, 0) is 11.1 Å². The molecule has 0 bridgehead atoms. The molecule has 2 aromatic rings. The lowest BCUT2D eigenvalue weighted by Gasteiger charge is -2.24. The first-order valence-electron chi connectivity index (χ1n) is 7.42. The van der Waals surface area contributed by atoms with Gasteiger partial charge in [-0.1, -0.05) is 60.7 Å². The molecule has 1 saturated heterocycles. The number of benzene rings is 2. The molecule has 1 fully saturated rings. The van der Waals surface area contributed by atoms with Crippen LogP contribution in [0.1, 0.15) is 16.5 Å². The Bertz CT molecular complexity index is 603. The van der Waals surface area contributed by atoms with Crippen molar-refractivity contribution in [2.45, 2.75) is 12.0 Å².